The van der Waals surface area contributed by atoms with E-state index in [4.69, 9.17) is 4.74 Å². The van der Waals surface area contributed by atoms with Crippen LogP contribution in [0.4, 0.5) is 0 Å². The second-order valence-electron chi connectivity index (χ2n) is 9.72. The maximum absolute atomic E-state index is 13.7. The molecule has 3 fully saturated rings. The van der Waals surface area contributed by atoms with Crippen molar-refractivity contribution < 1.29 is 9.53 Å². The van der Waals surface area contributed by atoms with Gasteiger partial charge in [-0.2, -0.15) is 0 Å². The van der Waals surface area contributed by atoms with Crippen molar-refractivity contribution in [1.29, 1.82) is 0 Å². The first kappa shape index (κ1) is 17.5. The fourth-order valence-electron chi connectivity index (χ4n) is 7.88. The summed E-state index contributed by atoms with van der Waals surface area (Å²) >= 11 is 7.79. The zero-order valence-electron chi connectivity index (χ0n) is 15.9. The number of ether oxygens (including phenoxy) is 1. The van der Waals surface area contributed by atoms with Gasteiger partial charge in [-0.3, -0.25) is 4.79 Å². The Bertz CT molecular complexity index is 1020. The van der Waals surface area contributed by atoms with E-state index in [2.05, 4.69) is 80.4 Å². The number of ketones is 1. The van der Waals surface area contributed by atoms with Crippen LogP contribution in [-0.4, -0.2) is 22.0 Å². The monoisotopic (exact) mass is 512 g/mol. The third kappa shape index (κ3) is 1.93. The van der Waals surface area contributed by atoms with Crippen molar-refractivity contribution in [3.63, 3.8) is 0 Å². The molecule has 1 aliphatic heterocycles. The molecule has 1 heterocycles. The van der Waals surface area contributed by atoms with E-state index in [1.54, 1.807) is 0 Å². The number of hydrogen-bond donors (Lipinski definition) is 0. The summed E-state index contributed by atoms with van der Waals surface area (Å²) in [5.41, 5.74) is 3.71. The maximum atomic E-state index is 13.7. The van der Waals surface area contributed by atoms with E-state index >= 15 is 0 Å². The fourth-order valence-corrected chi connectivity index (χ4v) is 10.1. The van der Waals surface area contributed by atoms with Crippen LogP contribution in [0.15, 0.2) is 59.4 Å². The first-order chi connectivity index (χ1) is 14.1. The second kappa shape index (κ2) is 5.76. The lowest BCUT2D eigenvalue weighted by molar-refractivity contribution is -0.132. The molecular weight excluding hydrogens is 492 g/mol. The van der Waals surface area contributed by atoms with E-state index in [-0.39, 0.29) is 23.4 Å². The Morgan fingerprint density at radius 3 is 2.86 bits per heavy atom. The Morgan fingerprint density at radius 2 is 2.07 bits per heavy atom. The smallest absolute Gasteiger partial charge is 0.148 e. The van der Waals surface area contributed by atoms with Gasteiger partial charge in [0.2, 0.25) is 0 Å². The predicted molar refractivity (Wildman–Crippen MR) is 120 cm³/mol. The van der Waals surface area contributed by atoms with E-state index in [9.17, 15) is 4.79 Å². The molecule has 148 valence electrons. The largest absolute Gasteiger partial charge is 0.490 e. The quantitative estimate of drug-likeness (QED) is 0.485. The molecule has 1 aromatic carbocycles. The second-order valence-corrected chi connectivity index (χ2v) is 11.3. The van der Waals surface area contributed by atoms with Crippen molar-refractivity contribution in [1.82, 2.24) is 0 Å². The summed E-state index contributed by atoms with van der Waals surface area (Å²) in [7, 11) is 0. The number of allylic oxidation sites excluding steroid dienone is 3. The molecule has 0 saturated heterocycles. The highest BCUT2D eigenvalue weighted by Gasteiger charge is 2.79. The average Bonchev–Trinajstić information content (AvgIpc) is 3.39. The Labute approximate surface area is 187 Å². The van der Waals surface area contributed by atoms with Gasteiger partial charge in [0.05, 0.1) is 5.41 Å². The molecule has 0 N–H and O–H groups in total. The Morgan fingerprint density at radius 1 is 1.24 bits per heavy atom. The van der Waals surface area contributed by atoms with Crippen molar-refractivity contribution in [2.24, 2.45) is 40.9 Å². The Kier molecular flexibility index (Phi) is 3.48. The van der Waals surface area contributed by atoms with Crippen LogP contribution in [0.25, 0.3) is 6.08 Å². The van der Waals surface area contributed by atoms with Gasteiger partial charge >= 0.3 is 0 Å². The van der Waals surface area contributed by atoms with Gasteiger partial charge in [0.15, 0.2) is 0 Å². The van der Waals surface area contributed by atoms with Crippen LogP contribution in [0, 0.1) is 40.9 Å². The molecule has 0 spiro atoms. The average molecular weight is 514 g/mol. The van der Waals surface area contributed by atoms with Gasteiger partial charge < -0.3 is 4.74 Å². The molecule has 9 unspecified atom stereocenters. The van der Waals surface area contributed by atoms with Crippen LogP contribution in [0.2, 0.25) is 0 Å². The number of carbonyl (C=O) groups is 1. The molecule has 2 nitrogen and oxygen atoms in total. The summed E-state index contributed by atoms with van der Waals surface area (Å²) in [6, 6.07) is 10.5. The summed E-state index contributed by atoms with van der Waals surface area (Å²) in [5.74, 6) is 3.92. The summed E-state index contributed by atoms with van der Waals surface area (Å²) in [6.07, 6.45) is 9.05. The number of Topliss-reactive ketones (excluding diaryl/α,β-unsaturated/α-hetero) is 1. The topological polar surface area (TPSA) is 26.3 Å². The lowest BCUT2D eigenvalue weighted by Gasteiger charge is -2.45. The number of carbonyl (C=O) groups excluding carboxylic acids is 1. The van der Waals surface area contributed by atoms with Gasteiger partial charge in [-0.25, -0.2) is 0 Å². The molecule has 5 bridgehead atoms. The van der Waals surface area contributed by atoms with E-state index in [1.165, 1.54) is 28.9 Å². The van der Waals surface area contributed by atoms with E-state index in [1.807, 2.05) is 0 Å². The summed E-state index contributed by atoms with van der Waals surface area (Å²) in [4.78, 5) is 14.2. The predicted octanol–water partition coefficient (Wildman–Crippen LogP) is 5.54. The minimum atomic E-state index is -0.207. The molecule has 0 radical (unpaired) electrons. The Hall–Kier alpha value is -1.13. The van der Waals surface area contributed by atoms with E-state index < -0.39 is 0 Å². The number of alkyl halides is 2. The number of benzene rings is 1. The molecule has 4 heteroatoms. The van der Waals surface area contributed by atoms with Crippen molar-refractivity contribution >= 4 is 43.7 Å². The minimum Gasteiger partial charge on any atom is -0.490 e. The highest BCUT2D eigenvalue weighted by atomic mass is 79.9. The SMILES string of the molecule is O=C1C2C3=C(OC4C=C/C(=C/c5ccccc5)C4C3)C3C4CC(C2C4Br)C13CBr. The molecule has 3 saturated carbocycles. The molecule has 6 aliphatic rings. The number of rotatable bonds is 2. The third-order valence-electron chi connectivity index (χ3n) is 8.87. The van der Waals surface area contributed by atoms with Crippen molar-refractivity contribution in [2.75, 3.05) is 5.33 Å². The molecule has 0 aromatic heterocycles. The molecule has 7 rings (SSSR count). The van der Waals surface area contributed by atoms with Crippen LogP contribution in [0.5, 0.6) is 0 Å². The zero-order valence-corrected chi connectivity index (χ0v) is 19.1. The molecule has 5 aliphatic carbocycles. The van der Waals surface area contributed by atoms with Gasteiger partial charge in [-0.05, 0) is 53.4 Å². The summed E-state index contributed by atoms with van der Waals surface area (Å²) < 4.78 is 6.77. The normalized spacial score (nSPS) is 49.2. The maximum Gasteiger partial charge on any atom is 0.148 e. The van der Waals surface area contributed by atoms with E-state index in [0.29, 0.717) is 34.3 Å². The van der Waals surface area contributed by atoms with Gasteiger partial charge in [0.25, 0.3) is 0 Å². The zero-order chi connectivity index (χ0) is 19.5. The number of halogens is 2. The molecular formula is C25H22Br2O2. The lowest BCUT2D eigenvalue weighted by atomic mass is 9.64. The van der Waals surface area contributed by atoms with Crippen LogP contribution < -0.4 is 0 Å². The molecule has 29 heavy (non-hydrogen) atoms. The van der Waals surface area contributed by atoms with Gasteiger partial charge in [-0.1, -0.05) is 74.3 Å². The van der Waals surface area contributed by atoms with E-state index in [0.717, 1.165) is 11.8 Å². The minimum absolute atomic E-state index is 0.0696. The highest BCUT2D eigenvalue weighted by Crippen LogP contribution is 2.77. The van der Waals surface area contributed by atoms with Crippen molar-refractivity contribution in [2.45, 2.75) is 23.8 Å². The van der Waals surface area contributed by atoms with Gasteiger partial charge in [-0.15, -0.1) is 0 Å². The van der Waals surface area contributed by atoms with Crippen LogP contribution in [0.1, 0.15) is 18.4 Å². The molecule has 0 amide bonds. The summed E-state index contributed by atoms with van der Waals surface area (Å²) in [6.45, 7) is 0. The summed E-state index contributed by atoms with van der Waals surface area (Å²) in [5, 5.41) is 0.792. The first-order valence-electron chi connectivity index (χ1n) is 10.7. The Balaban J connectivity index is 1.32. The standard InChI is InChI=1S/C25H22Br2O2/c26-11-25-17-10-16-21(25)23-15(19(24(25)28)20(17)22(16)27)9-14-13(6-7-18(14)29-23)8-12-4-2-1-3-5-12/h1-8,14,16-22H,9-11H2/b13-8-. The van der Waals surface area contributed by atoms with Crippen molar-refractivity contribution in [3.8, 4) is 0 Å². The number of hydrogen-bond acceptors (Lipinski definition) is 2. The molecule has 1 aromatic rings. The van der Waals surface area contributed by atoms with Gasteiger partial charge in [0, 0.05) is 27.9 Å². The molecule has 9 atom stereocenters. The van der Waals surface area contributed by atoms with Crippen LogP contribution in [-0.2, 0) is 9.53 Å². The number of fused-ring (bicyclic) bond motifs is 5. The van der Waals surface area contributed by atoms with Crippen LogP contribution >= 0.6 is 31.9 Å². The van der Waals surface area contributed by atoms with Crippen molar-refractivity contribution in [3.05, 3.63) is 65.0 Å². The first-order valence-corrected chi connectivity index (χ1v) is 12.8. The fraction of sp³-hybridized carbons (Fsp3) is 0.480. The third-order valence-corrected chi connectivity index (χ3v) is 11.1. The highest BCUT2D eigenvalue weighted by molar-refractivity contribution is 9.09. The van der Waals surface area contributed by atoms with Crippen LogP contribution in [0.3, 0.4) is 0 Å². The lowest BCUT2D eigenvalue weighted by Crippen LogP contribution is -2.48. The van der Waals surface area contributed by atoms with Gasteiger partial charge in [0.1, 0.15) is 17.6 Å².